The lowest BCUT2D eigenvalue weighted by atomic mass is 9.95. The third kappa shape index (κ3) is 7.23. The first-order valence-corrected chi connectivity index (χ1v) is 12.6. The molecule has 11 N–H and O–H groups in total. The van der Waals surface area contributed by atoms with Crippen molar-refractivity contribution >= 4 is 11.8 Å². The lowest BCUT2D eigenvalue weighted by molar-refractivity contribution is -0.348. The fourth-order valence-electron chi connectivity index (χ4n) is 4.76. The van der Waals surface area contributed by atoms with Gasteiger partial charge in [0.05, 0.1) is 19.8 Å². The van der Waals surface area contributed by atoms with Gasteiger partial charge in [-0.2, -0.15) is 0 Å². The number of carbonyl (C=O) groups excluding carboxylic acids is 2. The highest BCUT2D eigenvalue weighted by atomic mass is 16.7. The van der Waals surface area contributed by atoms with Crippen molar-refractivity contribution in [3.8, 4) is 0 Å². The molecule has 0 aromatic rings. The SMILES string of the molecule is CC(=O)N[C@@H]1[C@@H](O[C@@H]2O[C@H](CO[C@@H]3O[C@H](CO)[C@@H](O)[C@H](O)[C@H]3NC(C)=O)[C@H](O)[C@H](O)[C@H]2O)[C@@H](O)[C@@H](CO)O[C@H]1O. The van der Waals surface area contributed by atoms with Crippen LogP contribution in [0, 0.1) is 0 Å². The van der Waals surface area contributed by atoms with Gasteiger partial charge < -0.3 is 80.3 Å². The van der Waals surface area contributed by atoms with Crippen LogP contribution in [0.2, 0.25) is 0 Å². The summed E-state index contributed by atoms with van der Waals surface area (Å²) in [6.45, 7) is 0.187. The molecule has 2 amide bonds. The van der Waals surface area contributed by atoms with Crippen molar-refractivity contribution in [1.82, 2.24) is 10.6 Å². The third-order valence-electron chi connectivity index (χ3n) is 6.88. The summed E-state index contributed by atoms with van der Waals surface area (Å²) in [5.74, 6) is -1.25. The molecular formula is C22H38N2O16. The maximum absolute atomic E-state index is 11.7. The summed E-state index contributed by atoms with van der Waals surface area (Å²) in [6.07, 6.45) is -21.1. The van der Waals surface area contributed by atoms with Crippen LogP contribution in [-0.2, 0) is 33.3 Å². The molecule has 0 saturated carbocycles. The van der Waals surface area contributed by atoms with E-state index in [0.29, 0.717) is 0 Å². The summed E-state index contributed by atoms with van der Waals surface area (Å²) < 4.78 is 27.3. The van der Waals surface area contributed by atoms with Crippen LogP contribution >= 0.6 is 0 Å². The summed E-state index contributed by atoms with van der Waals surface area (Å²) in [6, 6.07) is -2.71. The Hall–Kier alpha value is -1.62. The largest absolute Gasteiger partial charge is 0.394 e. The average molecular weight is 587 g/mol. The van der Waals surface area contributed by atoms with Gasteiger partial charge in [-0.3, -0.25) is 9.59 Å². The molecule has 0 radical (unpaired) electrons. The van der Waals surface area contributed by atoms with E-state index in [1.807, 2.05) is 0 Å². The second kappa shape index (κ2) is 14.0. The molecule has 3 saturated heterocycles. The molecule has 0 aromatic heterocycles. The van der Waals surface area contributed by atoms with E-state index in [-0.39, 0.29) is 0 Å². The molecule has 40 heavy (non-hydrogen) atoms. The molecule has 0 unspecified atom stereocenters. The maximum atomic E-state index is 11.7. The first kappa shape index (κ1) is 32.9. The Morgan fingerprint density at radius 3 is 1.75 bits per heavy atom. The fraction of sp³-hybridized carbons (Fsp3) is 0.909. The van der Waals surface area contributed by atoms with E-state index in [1.54, 1.807) is 0 Å². The van der Waals surface area contributed by atoms with Crippen LogP contribution in [0.4, 0.5) is 0 Å². The second-order valence-electron chi connectivity index (χ2n) is 9.85. The Balaban J connectivity index is 1.76. The summed E-state index contributed by atoms with van der Waals surface area (Å²) in [4.78, 5) is 23.3. The van der Waals surface area contributed by atoms with E-state index in [2.05, 4.69) is 10.6 Å². The predicted molar refractivity (Wildman–Crippen MR) is 124 cm³/mol. The molecule has 15 atom stereocenters. The van der Waals surface area contributed by atoms with Gasteiger partial charge in [-0.05, 0) is 0 Å². The zero-order valence-corrected chi connectivity index (χ0v) is 21.7. The number of aliphatic hydroxyl groups excluding tert-OH is 9. The van der Waals surface area contributed by atoms with Gasteiger partial charge in [-0.15, -0.1) is 0 Å². The summed E-state index contributed by atoms with van der Waals surface area (Å²) in [5.41, 5.74) is 0. The van der Waals surface area contributed by atoms with E-state index in [0.717, 1.165) is 13.8 Å². The van der Waals surface area contributed by atoms with Gasteiger partial charge in [0.1, 0.15) is 73.1 Å². The van der Waals surface area contributed by atoms with Gasteiger partial charge in [-0.25, -0.2) is 0 Å². The second-order valence-corrected chi connectivity index (χ2v) is 9.85. The zero-order chi connectivity index (χ0) is 29.9. The molecule has 232 valence electrons. The highest BCUT2D eigenvalue weighted by Crippen LogP contribution is 2.30. The van der Waals surface area contributed by atoms with Crippen LogP contribution < -0.4 is 10.6 Å². The Bertz CT molecular complexity index is 854. The topological polar surface area (TPSA) is 286 Å². The Labute approximate surface area is 228 Å². The van der Waals surface area contributed by atoms with Crippen LogP contribution in [0.15, 0.2) is 0 Å². The van der Waals surface area contributed by atoms with Gasteiger partial charge in [0, 0.05) is 13.8 Å². The number of ether oxygens (including phenoxy) is 5. The molecular weight excluding hydrogens is 548 g/mol. The van der Waals surface area contributed by atoms with Crippen molar-refractivity contribution in [3.63, 3.8) is 0 Å². The first-order chi connectivity index (χ1) is 18.8. The van der Waals surface area contributed by atoms with Crippen molar-refractivity contribution < 1.29 is 79.2 Å². The van der Waals surface area contributed by atoms with Crippen LogP contribution in [0.1, 0.15) is 13.8 Å². The summed E-state index contributed by atoms with van der Waals surface area (Å²) >= 11 is 0. The third-order valence-corrected chi connectivity index (χ3v) is 6.88. The number of hydrogen-bond acceptors (Lipinski definition) is 16. The Kier molecular flexibility index (Phi) is 11.5. The summed E-state index contributed by atoms with van der Waals surface area (Å²) in [7, 11) is 0. The molecule has 0 aromatic carbocycles. The normalized spacial score (nSPS) is 46.0. The minimum atomic E-state index is -1.90. The molecule has 0 aliphatic carbocycles. The smallest absolute Gasteiger partial charge is 0.217 e. The van der Waals surface area contributed by atoms with Crippen molar-refractivity contribution in [2.45, 2.75) is 106 Å². The Morgan fingerprint density at radius 1 is 0.650 bits per heavy atom. The molecule has 18 nitrogen and oxygen atoms in total. The first-order valence-electron chi connectivity index (χ1n) is 12.6. The number of hydrogen-bond donors (Lipinski definition) is 11. The monoisotopic (exact) mass is 586 g/mol. The van der Waals surface area contributed by atoms with Gasteiger partial charge >= 0.3 is 0 Å². The minimum Gasteiger partial charge on any atom is -0.394 e. The maximum Gasteiger partial charge on any atom is 0.217 e. The van der Waals surface area contributed by atoms with E-state index in [9.17, 15) is 55.5 Å². The number of amides is 2. The molecule has 0 bridgehead atoms. The van der Waals surface area contributed by atoms with Gasteiger partial charge in [0.2, 0.25) is 11.8 Å². The highest BCUT2D eigenvalue weighted by molar-refractivity contribution is 5.73. The van der Waals surface area contributed by atoms with Gasteiger partial charge in [0.25, 0.3) is 0 Å². The van der Waals surface area contributed by atoms with Gasteiger partial charge in [0.15, 0.2) is 18.9 Å². The molecule has 0 spiro atoms. The van der Waals surface area contributed by atoms with Crippen molar-refractivity contribution in [2.75, 3.05) is 19.8 Å². The van der Waals surface area contributed by atoms with E-state index < -0.39 is 124 Å². The average Bonchev–Trinajstić information content (AvgIpc) is 2.90. The lowest BCUT2D eigenvalue weighted by Crippen LogP contribution is -2.68. The van der Waals surface area contributed by atoms with Crippen molar-refractivity contribution in [2.24, 2.45) is 0 Å². The lowest BCUT2D eigenvalue weighted by Gasteiger charge is -2.47. The highest BCUT2D eigenvalue weighted by Gasteiger charge is 2.52. The van der Waals surface area contributed by atoms with Crippen LogP contribution in [0.25, 0.3) is 0 Å². The molecule has 3 aliphatic rings. The molecule has 3 heterocycles. The van der Waals surface area contributed by atoms with E-state index in [4.69, 9.17) is 23.7 Å². The van der Waals surface area contributed by atoms with E-state index in [1.165, 1.54) is 0 Å². The van der Waals surface area contributed by atoms with Crippen LogP contribution in [0.3, 0.4) is 0 Å². The predicted octanol–water partition coefficient (Wildman–Crippen LogP) is -7.29. The van der Waals surface area contributed by atoms with Crippen LogP contribution in [-0.4, -0.2) is 170 Å². The molecule has 3 aliphatic heterocycles. The minimum absolute atomic E-state index is 0.607. The Morgan fingerprint density at radius 2 is 1.18 bits per heavy atom. The van der Waals surface area contributed by atoms with Gasteiger partial charge in [-0.1, -0.05) is 0 Å². The van der Waals surface area contributed by atoms with Crippen molar-refractivity contribution in [3.05, 3.63) is 0 Å². The standard InChI is InChI=1S/C22H38N2O16/c1-6(27)23-11-16(32)13(29)8(3-25)38-21(11)36-5-10-14(30)17(33)18(34)22(39-10)40-19-12(24-7(2)28)20(35)37-9(4-26)15(19)31/h8-22,25-26,29-35H,3-5H2,1-2H3,(H,23,27)(H,24,28)/t8-,9-,10-,11-,12-,13-,14+,15+,16-,17+,18-,19-,20-,21-,22+/m1/s1. The number of rotatable bonds is 9. The molecule has 3 rings (SSSR count). The number of nitrogens with one attached hydrogen (secondary N) is 2. The fourth-order valence-corrected chi connectivity index (χ4v) is 4.76. The zero-order valence-electron chi connectivity index (χ0n) is 21.7. The summed E-state index contributed by atoms with van der Waals surface area (Å²) in [5, 5.41) is 96.6. The van der Waals surface area contributed by atoms with E-state index >= 15 is 0 Å². The molecule has 18 heteroatoms. The quantitative estimate of drug-likeness (QED) is 0.120. The number of aliphatic hydroxyl groups is 9. The molecule has 3 fully saturated rings. The number of carbonyl (C=O) groups is 2. The van der Waals surface area contributed by atoms with Crippen LogP contribution in [0.5, 0.6) is 0 Å². The van der Waals surface area contributed by atoms with Crippen molar-refractivity contribution in [1.29, 1.82) is 0 Å².